The summed E-state index contributed by atoms with van der Waals surface area (Å²) in [6.07, 6.45) is 2.14. The van der Waals surface area contributed by atoms with E-state index in [0.717, 1.165) is 17.9 Å². The fourth-order valence-corrected chi connectivity index (χ4v) is 3.43. The molecule has 0 saturated carbocycles. The van der Waals surface area contributed by atoms with E-state index in [2.05, 4.69) is 55.5 Å². The number of hydrogen-bond acceptors (Lipinski definition) is 0. The lowest BCUT2D eigenvalue weighted by Gasteiger charge is -2.06. The second-order valence-corrected chi connectivity index (χ2v) is 6.34. The van der Waals surface area contributed by atoms with Gasteiger partial charge in [-0.3, -0.25) is 0 Å². The molecule has 4 rings (SSSR count). The molecule has 0 saturated heterocycles. The Labute approximate surface area is 136 Å². The molecular formula is C21H17Cl. The van der Waals surface area contributed by atoms with Gasteiger partial charge in [0.1, 0.15) is 0 Å². The average Bonchev–Trinajstić information content (AvgIpc) is 2.92. The van der Waals surface area contributed by atoms with Crippen LogP contribution in [0.15, 0.2) is 60.7 Å². The van der Waals surface area contributed by atoms with Crippen LogP contribution in [0.3, 0.4) is 0 Å². The summed E-state index contributed by atoms with van der Waals surface area (Å²) in [4.78, 5) is 0. The van der Waals surface area contributed by atoms with Crippen molar-refractivity contribution >= 4 is 11.6 Å². The summed E-state index contributed by atoms with van der Waals surface area (Å²) in [5.41, 5.74) is 9.57. The molecule has 0 unspecified atom stereocenters. The maximum Gasteiger partial charge on any atom is 0.0406 e. The van der Waals surface area contributed by atoms with Gasteiger partial charge >= 0.3 is 0 Å². The smallest absolute Gasteiger partial charge is 0.0406 e. The Balaban J connectivity index is 1.76. The first-order valence-electron chi connectivity index (χ1n) is 7.75. The third-order valence-electron chi connectivity index (χ3n) is 4.53. The fraction of sp³-hybridized carbons (Fsp3) is 0.143. The Hall–Kier alpha value is -2.05. The molecule has 0 aromatic heterocycles. The predicted molar refractivity (Wildman–Crippen MR) is 94.5 cm³/mol. The third kappa shape index (κ3) is 2.24. The Kier molecular flexibility index (Phi) is 3.28. The zero-order valence-electron chi connectivity index (χ0n) is 12.6. The molecule has 0 bridgehead atoms. The van der Waals surface area contributed by atoms with Gasteiger partial charge in [-0.15, -0.1) is 0 Å². The zero-order valence-corrected chi connectivity index (χ0v) is 13.3. The van der Waals surface area contributed by atoms with Crippen LogP contribution in [0.5, 0.6) is 0 Å². The van der Waals surface area contributed by atoms with Gasteiger partial charge in [0.05, 0.1) is 0 Å². The molecule has 0 atom stereocenters. The van der Waals surface area contributed by atoms with E-state index in [1.807, 2.05) is 12.1 Å². The van der Waals surface area contributed by atoms with Crippen molar-refractivity contribution in [2.45, 2.75) is 19.8 Å². The van der Waals surface area contributed by atoms with Crippen molar-refractivity contribution in [3.63, 3.8) is 0 Å². The lowest BCUT2D eigenvalue weighted by Crippen LogP contribution is -1.85. The SMILES string of the molecule is CCc1ccc2c(c1)Cc1cc(-c3ccc(Cl)cc3)ccc1-2. The molecule has 0 N–H and O–H groups in total. The standard InChI is InChI=1S/C21H17Cl/c1-2-14-3-9-20-17(11-14)13-18-12-16(6-10-21(18)20)15-4-7-19(22)8-5-15/h3-12H,2,13H2,1H3. The molecule has 0 spiro atoms. The van der Waals surface area contributed by atoms with Crippen LogP contribution in [0.2, 0.25) is 5.02 Å². The van der Waals surface area contributed by atoms with Gasteiger partial charge in [0.25, 0.3) is 0 Å². The van der Waals surface area contributed by atoms with Crippen molar-refractivity contribution in [2.24, 2.45) is 0 Å². The Morgan fingerprint density at radius 1 is 0.773 bits per heavy atom. The van der Waals surface area contributed by atoms with Crippen LogP contribution in [0.4, 0.5) is 0 Å². The highest BCUT2D eigenvalue weighted by atomic mass is 35.5. The van der Waals surface area contributed by atoms with Crippen LogP contribution in [-0.4, -0.2) is 0 Å². The maximum absolute atomic E-state index is 5.98. The minimum Gasteiger partial charge on any atom is -0.0843 e. The van der Waals surface area contributed by atoms with E-state index in [1.54, 1.807) is 0 Å². The highest BCUT2D eigenvalue weighted by Gasteiger charge is 2.18. The van der Waals surface area contributed by atoms with E-state index in [4.69, 9.17) is 11.6 Å². The van der Waals surface area contributed by atoms with Gasteiger partial charge in [-0.1, -0.05) is 67.1 Å². The molecule has 1 aliphatic rings. The summed E-state index contributed by atoms with van der Waals surface area (Å²) < 4.78 is 0. The minimum absolute atomic E-state index is 0.782. The van der Waals surface area contributed by atoms with Gasteiger partial charge in [-0.2, -0.15) is 0 Å². The van der Waals surface area contributed by atoms with Gasteiger partial charge in [0.2, 0.25) is 0 Å². The van der Waals surface area contributed by atoms with E-state index >= 15 is 0 Å². The highest BCUT2D eigenvalue weighted by Crippen LogP contribution is 2.39. The number of aryl methyl sites for hydroxylation is 1. The van der Waals surface area contributed by atoms with Gasteiger partial charge in [0, 0.05) is 5.02 Å². The first kappa shape index (κ1) is 13.6. The summed E-state index contributed by atoms with van der Waals surface area (Å²) in [5.74, 6) is 0. The maximum atomic E-state index is 5.98. The molecule has 108 valence electrons. The second-order valence-electron chi connectivity index (χ2n) is 5.90. The van der Waals surface area contributed by atoms with Crippen LogP contribution in [0.25, 0.3) is 22.3 Å². The van der Waals surface area contributed by atoms with E-state index in [9.17, 15) is 0 Å². The van der Waals surface area contributed by atoms with Crippen molar-refractivity contribution in [3.05, 3.63) is 82.4 Å². The molecule has 1 heteroatoms. The summed E-state index contributed by atoms with van der Waals surface area (Å²) in [6, 6.07) is 21.8. The Morgan fingerprint density at radius 2 is 1.41 bits per heavy atom. The topological polar surface area (TPSA) is 0 Å². The highest BCUT2D eigenvalue weighted by molar-refractivity contribution is 6.30. The molecule has 1 aliphatic carbocycles. The van der Waals surface area contributed by atoms with Crippen LogP contribution >= 0.6 is 11.6 Å². The summed E-state index contributed by atoms with van der Waals surface area (Å²) in [5, 5.41) is 0.782. The predicted octanol–water partition coefficient (Wildman–Crippen LogP) is 6.14. The van der Waals surface area contributed by atoms with Crippen molar-refractivity contribution in [2.75, 3.05) is 0 Å². The molecule has 3 aromatic carbocycles. The largest absolute Gasteiger partial charge is 0.0843 e. The fourth-order valence-electron chi connectivity index (χ4n) is 3.31. The lowest BCUT2D eigenvalue weighted by atomic mass is 9.99. The monoisotopic (exact) mass is 304 g/mol. The van der Waals surface area contributed by atoms with E-state index in [1.165, 1.54) is 38.9 Å². The molecule has 0 nitrogen and oxygen atoms in total. The molecule has 0 radical (unpaired) electrons. The number of benzene rings is 3. The molecule has 0 fully saturated rings. The van der Waals surface area contributed by atoms with E-state index < -0.39 is 0 Å². The van der Waals surface area contributed by atoms with Crippen molar-refractivity contribution in [1.82, 2.24) is 0 Å². The van der Waals surface area contributed by atoms with E-state index in [-0.39, 0.29) is 0 Å². The molecule has 0 heterocycles. The van der Waals surface area contributed by atoms with Crippen LogP contribution in [-0.2, 0) is 12.8 Å². The minimum atomic E-state index is 0.782. The average molecular weight is 305 g/mol. The third-order valence-corrected chi connectivity index (χ3v) is 4.78. The number of hydrogen-bond donors (Lipinski definition) is 0. The van der Waals surface area contributed by atoms with Gasteiger partial charge in [0.15, 0.2) is 0 Å². The van der Waals surface area contributed by atoms with Crippen LogP contribution < -0.4 is 0 Å². The van der Waals surface area contributed by atoms with Crippen molar-refractivity contribution in [3.8, 4) is 22.3 Å². The lowest BCUT2D eigenvalue weighted by molar-refractivity contribution is 1.12. The summed E-state index contributed by atoms with van der Waals surface area (Å²) in [6.45, 7) is 2.21. The van der Waals surface area contributed by atoms with Gasteiger partial charge < -0.3 is 0 Å². The van der Waals surface area contributed by atoms with Crippen LogP contribution in [0, 0.1) is 0 Å². The van der Waals surface area contributed by atoms with Gasteiger partial charge in [-0.05, 0) is 63.9 Å². The van der Waals surface area contributed by atoms with Crippen molar-refractivity contribution < 1.29 is 0 Å². The summed E-state index contributed by atoms with van der Waals surface area (Å²) >= 11 is 5.98. The Morgan fingerprint density at radius 3 is 2.14 bits per heavy atom. The first-order valence-corrected chi connectivity index (χ1v) is 8.13. The molecule has 0 aliphatic heterocycles. The molecular weight excluding hydrogens is 288 g/mol. The van der Waals surface area contributed by atoms with Crippen molar-refractivity contribution in [1.29, 1.82) is 0 Å². The molecule has 0 amide bonds. The Bertz CT molecular complexity index is 844. The van der Waals surface area contributed by atoms with Gasteiger partial charge in [-0.25, -0.2) is 0 Å². The second kappa shape index (κ2) is 5.30. The number of rotatable bonds is 2. The number of halogens is 1. The van der Waals surface area contributed by atoms with Crippen LogP contribution in [0.1, 0.15) is 23.6 Å². The molecule has 3 aromatic rings. The molecule has 22 heavy (non-hydrogen) atoms. The number of fused-ring (bicyclic) bond motifs is 3. The first-order chi connectivity index (χ1) is 10.7. The zero-order chi connectivity index (χ0) is 15.1. The quantitative estimate of drug-likeness (QED) is 0.417. The summed E-state index contributed by atoms with van der Waals surface area (Å²) in [7, 11) is 0. The normalized spacial score (nSPS) is 12.1. The van der Waals surface area contributed by atoms with E-state index in [0.29, 0.717) is 0 Å².